The Kier molecular flexibility index (Phi) is 2.86. The van der Waals surface area contributed by atoms with E-state index in [0.29, 0.717) is 12.2 Å². The van der Waals surface area contributed by atoms with Gasteiger partial charge in [-0.05, 0) is 18.4 Å². The smallest absolute Gasteiger partial charge is 0.314 e. The van der Waals surface area contributed by atoms with E-state index in [1.54, 1.807) is 0 Å². The van der Waals surface area contributed by atoms with Gasteiger partial charge in [0.25, 0.3) is 0 Å². The molecule has 1 aliphatic rings. The molecule has 1 fully saturated rings. The summed E-state index contributed by atoms with van der Waals surface area (Å²) in [7, 11) is 0. The van der Waals surface area contributed by atoms with Gasteiger partial charge in [-0.3, -0.25) is 4.79 Å². The molecule has 1 saturated heterocycles. The Morgan fingerprint density at radius 1 is 1.33 bits per heavy atom. The first-order valence-electron chi connectivity index (χ1n) is 5.19. The molecule has 0 spiro atoms. The first kappa shape index (κ1) is 9.97. The molecule has 1 unspecified atom stereocenters. The number of hydrogen-bond donors (Lipinski definition) is 0. The summed E-state index contributed by atoms with van der Waals surface area (Å²) in [4.78, 5) is 11.3. The number of ether oxygens (including phenoxy) is 1. The predicted molar refractivity (Wildman–Crippen MR) is 58.1 cm³/mol. The number of aryl methyl sites for hydroxylation is 1. The van der Waals surface area contributed by atoms with Gasteiger partial charge in [0.05, 0.1) is 5.92 Å². The molecule has 0 bridgehead atoms. The van der Waals surface area contributed by atoms with Crippen molar-refractivity contribution in [1.82, 2.24) is 0 Å². The number of hydrogen-bond acceptors (Lipinski definition) is 2. The monoisotopic (exact) mass is 202 g/mol. The highest BCUT2D eigenvalue weighted by Crippen LogP contribution is 2.26. The summed E-state index contributed by atoms with van der Waals surface area (Å²) in [6.07, 6.45) is 2.46. The van der Waals surface area contributed by atoms with Crippen molar-refractivity contribution in [1.29, 1.82) is 0 Å². The van der Waals surface area contributed by atoms with Gasteiger partial charge in [-0.1, -0.05) is 36.9 Å². The molecule has 0 amide bonds. The lowest BCUT2D eigenvalue weighted by atomic mass is 9.98. The van der Waals surface area contributed by atoms with Crippen molar-refractivity contribution in [3.8, 4) is 0 Å². The molecular weight excluding hydrogens is 188 g/mol. The third kappa shape index (κ3) is 2.46. The first-order chi connectivity index (χ1) is 7.25. The molecule has 0 N–H and O–H groups in total. The van der Waals surface area contributed by atoms with Crippen molar-refractivity contribution in [2.75, 3.05) is 0 Å². The zero-order valence-electron chi connectivity index (χ0n) is 8.61. The summed E-state index contributed by atoms with van der Waals surface area (Å²) in [5, 5.41) is 0. The average molecular weight is 202 g/mol. The Balaban J connectivity index is 1.89. The molecule has 15 heavy (non-hydrogen) atoms. The fourth-order valence-corrected chi connectivity index (χ4v) is 1.83. The number of rotatable bonds is 3. The Morgan fingerprint density at radius 2 is 2.07 bits per heavy atom. The summed E-state index contributed by atoms with van der Waals surface area (Å²) >= 11 is 0. The molecule has 2 rings (SSSR count). The standard InChI is InChI=1S/C13H14O2/c1-10-9-12(13(14)15-10)8-7-11-5-3-2-4-6-11/h2-6,12H,1,7-9H2. The third-order valence-corrected chi connectivity index (χ3v) is 2.68. The van der Waals surface area contributed by atoms with Gasteiger partial charge < -0.3 is 4.74 Å². The van der Waals surface area contributed by atoms with E-state index >= 15 is 0 Å². The third-order valence-electron chi connectivity index (χ3n) is 2.68. The van der Waals surface area contributed by atoms with Crippen molar-refractivity contribution >= 4 is 5.97 Å². The van der Waals surface area contributed by atoms with Crippen molar-refractivity contribution < 1.29 is 9.53 Å². The maximum atomic E-state index is 11.3. The zero-order valence-corrected chi connectivity index (χ0v) is 8.61. The van der Waals surface area contributed by atoms with Gasteiger partial charge >= 0.3 is 5.97 Å². The quantitative estimate of drug-likeness (QED) is 0.704. The second kappa shape index (κ2) is 4.30. The first-order valence-corrected chi connectivity index (χ1v) is 5.19. The van der Waals surface area contributed by atoms with Crippen LogP contribution in [0.1, 0.15) is 18.4 Å². The predicted octanol–water partition coefficient (Wildman–Crippen LogP) is 2.70. The van der Waals surface area contributed by atoms with Crippen LogP contribution in [0.3, 0.4) is 0 Å². The SMILES string of the molecule is C=C1CC(CCc2ccccc2)C(=O)O1. The molecule has 1 aromatic carbocycles. The van der Waals surface area contributed by atoms with E-state index in [1.807, 2.05) is 18.2 Å². The molecule has 1 aliphatic heterocycles. The molecule has 2 nitrogen and oxygen atoms in total. The lowest BCUT2D eigenvalue weighted by Crippen LogP contribution is -2.08. The van der Waals surface area contributed by atoms with Crippen LogP contribution in [0.15, 0.2) is 42.7 Å². The van der Waals surface area contributed by atoms with Crippen LogP contribution < -0.4 is 0 Å². The fraction of sp³-hybridized carbons (Fsp3) is 0.308. The molecular formula is C13H14O2. The van der Waals surface area contributed by atoms with Crippen LogP contribution in [-0.2, 0) is 16.0 Å². The van der Waals surface area contributed by atoms with Gasteiger partial charge in [-0.25, -0.2) is 0 Å². The Labute approximate surface area is 89.6 Å². The van der Waals surface area contributed by atoms with E-state index in [9.17, 15) is 4.79 Å². The zero-order chi connectivity index (χ0) is 10.7. The lowest BCUT2D eigenvalue weighted by molar-refractivity contribution is -0.139. The van der Waals surface area contributed by atoms with Crippen LogP contribution in [0.4, 0.5) is 0 Å². The van der Waals surface area contributed by atoms with E-state index in [4.69, 9.17) is 4.74 Å². The molecule has 78 valence electrons. The maximum absolute atomic E-state index is 11.3. The summed E-state index contributed by atoms with van der Waals surface area (Å²) in [5.41, 5.74) is 1.27. The van der Waals surface area contributed by atoms with Crippen LogP contribution in [0, 0.1) is 5.92 Å². The minimum Gasteiger partial charge on any atom is -0.431 e. The minimum atomic E-state index is -0.115. The number of carbonyl (C=O) groups is 1. The average Bonchev–Trinajstić information content (AvgIpc) is 2.56. The van der Waals surface area contributed by atoms with Gasteiger partial charge in [-0.15, -0.1) is 0 Å². The van der Waals surface area contributed by atoms with Crippen LogP contribution >= 0.6 is 0 Å². The number of benzene rings is 1. The fourth-order valence-electron chi connectivity index (χ4n) is 1.83. The van der Waals surface area contributed by atoms with E-state index in [2.05, 4.69) is 18.7 Å². The minimum absolute atomic E-state index is 0.0118. The highest BCUT2D eigenvalue weighted by Gasteiger charge is 2.28. The Hall–Kier alpha value is -1.57. The topological polar surface area (TPSA) is 26.3 Å². The number of carbonyl (C=O) groups excluding carboxylic acids is 1. The highest BCUT2D eigenvalue weighted by atomic mass is 16.5. The summed E-state index contributed by atoms with van der Waals surface area (Å²) in [6, 6.07) is 10.2. The van der Waals surface area contributed by atoms with Crippen molar-refractivity contribution in [2.24, 2.45) is 5.92 Å². The molecule has 1 atom stereocenters. The summed E-state index contributed by atoms with van der Waals surface area (Å²) < 4.78 is 4.93. The van der Waals surface area contributed by atoms with Gasteiger partial charge in [-0.2, -0.15) is 0 Å². The molecule has 2 heteroatoms. The van der Waals surface area contributed by atoms with Crippen molar-refractivity contribution in [3.63, 3.8) is 0 Å². The normalized spacial score (nSPS) is 20.4. The van der Waals surface area contributed by atoms with Gasteiger partial charge in [0.15, 0.2) is 0 Å². The molecule has 1 heterocycles. The van der Waals surface area contributed by atoms with E-state index in [0.717, 1.165) is 12.8 Å². The van der Waals surface area contributed by atoms with Crippen LogP contribution in [-0.4, -0.2) is 5.97 Å². The second-order valence-corrected chi connectivity index (χ2v) is 3.89. The van der Waals surface area contributed by atoms with Crippen LogP contribution in [0.25, 0.3) is 0 Å². The maximum Gasteiger partial charge on any atom is 0.314 e. The highest BCUT2D eigenvalue weighted by molar-refractivity contribution is 5.76. The van der Waals surface area contributed by atoms with E-state index < -0.39 is 0 Å². The van der Waals surface area contributed by atoms with E-state index in [1.165, 1.54) is 5.56 Å². The molecule has 0 saturated carbocycles. The van der Waals surface area contributed by atoms with Crippen LogP contribution in [0.5, 0.6) is 0 Å². The number of cyclic esters (lactones) is 1. The number of esters is 1. The molecule has 0 radical (unpaired) electrons. The Morgan fingerprint density at radius 3 is 2.67 bits per heavy atom. The number of allylic oxidation sites excluding steroid dienone is 1. The van der Waals surface area contributed by atoms with Gasteiger partial charge in [0.2, 0.25) is 0 Å². The van der Waals surface area contributed by atoms with Crippen LogP contribution in [0.2, 0.25) is 0 Å². The Bertz CT molecular complexity index is 367. The molecule has 1 aromatic rings. The van der Waals surface area contributed by atoms with Gasteiger partial charge in [0.1, 0.15) is 5.76 Å². The summed E-state index contributed by atoms with van der Waals surface area (Å²) in [6.45, 7) is 3.67. The molecule has 0 aromatic heterocycles. The van der Waals surface area contributed by atoms with E-state index in [-0.39, 0.29) is 11.9 Å². The lowest BCUT2D eigenvalue weighted by Gasteiger charge is -2.04. The largest absolute Gasteiger partial charge is 0.431 e. The van der Waals surface area contributed by atoms with Gasteiger partial charge in [0, 0.05) is 6.42 Å². The van der Waals surface area contributed by atoms with Crippen molar-refractivity contribution in [2.45, 2.75) is 19.3 Å². The van der Waals surface area contributed by atoms with Crippen molar-refractivity contribution in [3.05, 3.63) is 48.2 Å². The summed E-state index contributed by atoms with van der Waals surface area (Å²) in [5.74, 6) is 0.506. The molecule has 0 aliphatic carbocycles. The second-order valence-electron chi connectivity index (χ2n) is 3.89.